The number of hydrogen-bond acceptors (Lipinski definition) is 2. The molecule has 2 N–H and O–H groups in total. The van der Waals surface area contributed by atoms with E-state index in [0.29, 0.717) is 0 Å². The molecule has 3 heteroatoms. The molecule has 0 saturated heterocycles. The van der Waals surface area contributed by atoms with Crippen molar-refractivity contribution in [2.75, 3.05) is 5.73 Å². The summed E-state index contributed by atoms with van der Waals surface area (Å²) in [6, 6.07) is 0. The van der Waals surface area contributed by atoms with E-state index >= 15 is 0 Å². The summed E-state index contributed by atoms with van der Waals surface area (Å²) < 4.78 is 1.91. The summed E-state index contributed by atoms with van der Waals surface area (Å²) in [6.07, 6.45) is 8.66. The Kier molecular flexibility index (Phi) is 3.64. The SMILES string of the molecule is CCCCCCn1cc(N)cn1. The normalized spacial score (nSPS) is 10.4. The van der Waals surface area contributed by atoms with Gasteiger partial charge in [0.25, 0.3) is 0 Å². The number of nitrogens with two attached hydrogens (primary N) is 1. The van der Waals surface area contributed by atoms with E-state index in [4.69, 9.17) is 5.73 Å². The van der Waals surface area contributed by atoms with E-state index in [2.05, 4.69) is 12.0 Å². The van der Waals surface area contributed by atoms with Crippen LogP contribution in [0, 0.1) is 0 Å². The minimum atomic E-state index is 0.755. The quantitative estimate of drug-likeness (QED) is 0.682. The third kappa shape index (κ3) is 2.95. The van der Waals surface area contributed by atoms with Gasteiger partial charge in [0.05, 0.1) is 11.9 Å². The van der Waals surface area contributed by atoms with E-state index in [-0.39, 0.29) is 0 Å². The molecule has 68 valence electrons. The fourth-order valence-electron chi connectivity index (χ4n) is 1.20. The van der Waals surface area contributed by atoms with Gasteiger partial charge in [-0.1, -0.05) is 26.2 Å². The Morgan fingerprint density at radius 2 is 2.25 bits per heavy atom. The summed E-state index contributed by atoms with van der Waals surface area (Å²) in [5.74, 6) is 0. The van der Waals surface area contributed by atoms with Crippen molar-refractivity contribution in [2.24, 2.45) is 0 Å². The molecule has 1 heterocycles. The van der Waals surface area contributed by atoms with E-state index in [1.165, 1.54) is 25.7 Å². The maximum atomic E-state index is 5.53. The van der Waals surface area contributed by atoms with E-state index in [1.807, 2.05) is 10.9 Å². The maximum Gasteiger partial charge on any atom is 0.0719 e. The Balaban J connectivity index is 2.15. The maximum absolute atomic E-state index is 5.53. The third-order valence-corrected chi connectivity index (χ3v) is 1.89. The molecule has 0 aliphatic heterocycles. The summed E-state index contributed by atoms with van der Waals surface area (Å²) >= 11 is 0. The van der Waals surface area contributed by atoms with Gasteiger partial charge in [-0.05, 0) is 6.42 Å². The highest BCUT2D eigenvalue weighted by Crippen LogP contribution is 2.03. The molecular weight excluding hydrogens is 150 g/mol. The molecule has 0 aromatic carbocycles. The number of unbranched alkanes of at least 4 members (excludes halogenated alkanes) is 3. The van der Waals surface area contributed by atoms with Crippen LogP contribution in [0.5, 0.6) is 0 Å². The van der Waals surface area contributed by atoms with Crippen molar-refractivity contribution in [3.8, 4) is 0 Å². The van der Waals surface area contributed by atoms with E-state index < -0.39 is 0 Å². The van der Waals surface area contributed by atoms with E-state index in [1.54, 1.807) is 6.20 Å². The predicted molar refractivity (Wildman–Crippen MR) is 50.8 cm³/mol. The number of nitrogen functional groups attached to an aromatic ring is 1. The van der Waals surface area contributed by atoms with Crippen LogP contribution in [0.1, 0.15) is 32.6 Å². The van der Waals surface area contributed by atoms with Crippen LogP contribution >= 0.6 is 0 Å². The molecule has 1 rings (SSSR count). The van der Waals surface area contributed by atoms with Crippen LogP contribution in [0.2, 0.25) is 0 Å². The molecule has 0 aliphatic rings. The zero-order valence-corrected chi connectivity index (χ0v) is 7.66. The summed E-state index contributed by atoms with van der Waals surface area (Å²) in [6.45, 7) is 3.21. The molecular formula is C9H17N3. The lowest BCUT2D eigenvalue weighted by molar-refractivity contribution is 0.541. The van der Waals surface area contributed by atoms with Crippen molar-refractivity contribution in [1.29, 1.82) is 0 Å². The largest absolute Gasteiger partial charge is 0.396 e. The second-order valence-electron chi connectivity index (χ2n) is 3.10. The number of hydrogen-bond donors (Lipinski definition) is 1. The summed E-state index contributed by atoms with van der Waals surface area (Å²) in [5.41, 5.74) is 6.28. The first kappa shape index (κ1) is 9.10. The van der Waals surface area contributed by atoms with Gasteiger partial charge in [0.2, 0.25) is 0 Å². The van der Waals surface area contributed by atoms with Crippen molar-refractivity contribution in [3.63, 3.8) is 0 Å². The lowest BCUT2D eigenvalue weighted by Gasteiger charge is -1.99. The van der Waals surface area contributed by atoms with Crippen LogP contribution < -0.4 is 5.73 Å². The topological polar surface area (TPSA) is 43.8 Å². The summed E-state index contributed by atoms with van der Waals surface area (Å²) in [7, 11) is 0. The minimum absolute atomic E-state index is 0.755. The van der Waals surface area contributed by atoms with Gasteiger partial charge in [-0.25, -0.2) is 0 Å². The zero-order valence-electron chi connectivity index (χ0n) is 7.66. The standard InChI is InChI=1S/C9H17N3/c1-2-3-4-5-6-12-8-9(10)7-11-12/h7-8H,2-6,10H2,1H3. The number of anilines is 1. The monoisotopic (exact) mass is 167 g/mol. The van der Waals surface area contributed by atoms with Gasteiger partial charge < -0.3 is 5.73 Å². The molecule has 0 bridgehead atoms. The number of nitrogens with zero attached hydrogens (tertiary/aromatic N) is 2. The van der Waals surface area contributed by atoms with Crippen LogP contribution in [0.15, 0.2) is 12.4 Å². The molecule has 0 unspecified atom stereocenters. The molecule has 0 fully saturated rings. The molecule has 0 atom stereocenters. The average Bonchev–Trinajstić information content (AvgIpc) is 2.45. The first-order chi connectivity index (χ1) is 5.83. The first-order valence-electron chi connectivity index (χ1n) is 4.61. The highest BCUT2D eigenvalue weighted by Gasteiger charge is 1.93. The zero-order chi connectivity index (χ0) is 8.81. The van der Waals surface area contributed by atoms with Crippen LogP contribution in [0.4, 0.5) is 5.69 Å². The Morgan fingerprint density at radius 3 is 2.83 bits per heavy atom. The second kappa shape index (κ2) is 4.80. The highest BCUT2D eigenvalue weighted by atomic mass is 15.3. The molecule has 1 aromatic heterocycles. The predicted octanol–water partition coefficient (Wildman–Crippen LogP) is 2.05. The van der Waals surface area contributed by atoms with Crippen LogP contribution in [-0.2, 0) is 6.54 Å². The molecule has 12 heavy (non-hydrogen) atoms. The fourth-order valence-corrected chi connectivity index (χ4v) is 1.20. The summed E-state index contributed by atoms with van der Waals surface area (Å²) in [5, 5.41) is 4.11. The lowest BCUT2D eigenvalue weighted by atomic mass is 10.2. The van der Waals surface area contributed by atoms with Gasteiger partial charge >= 0.3 is 0 Å². The Hall–Kier alpha value is -0.990. The summed E-state index contributed by atoms with van der Waals surface area (Å²) in [4.78, 5) is 0. The molecule has 1 aromatic rings. The Bertz CT molecular complexity index is 217. The van der Waals surface area contributed by atoms with Crippen molar-refractivity contribution in [3.05, 3.63) is 12.4 Å². The lowest BCUT2D eigenvalue weighted by Crippen LogP contribution is -1.97. The molecule has 0 radical (unpaired) electrons. The Morgan fingerprint density at radius 1 is 1.42 bits per heavy atom. The fraction of sp³-hybridized carbons (Fsp3) is 0.667. The van der Waals surface area contributed by atoms with Crippen LogP contribution in [0.25, 0.3) is 0 Å². The van der Waals surface area contributed by atoms with Crippen molar-refractivity contribution in [2.45, 2.75) is 39.2 Å². The van der Waals surface area contributed by atoms with Gasteiger partial charge in [-0.3, -0.25) is 4.68 Å². The van der Waals surface area contributed by atoms with Crippen molar-refractivity contribution < 1.29 is 0 Å². The van der Waals surface area contributed by atoms with Crippen molar-refractivity contribution >= 4 is 5.69 Å². The van der Waals surface area contributed by atoms with Crippen LogP contribution in [0.3, 0.4) is 0 Å². The van der Waals surface area contributed by atoms with E-state index in [9.17, 15) is 0 Å². The highest BCUT2D eigenvalue weighted by molar-refractivity contribution is 5.30. The Labute approximate surface area is 73.6 Å². The molecule has 0 amide bonds. The van der Waals surface area contributed by atoms with Crippen LogP contribution in [-0.4, -0.2) is 9.78 Å². The number of rotatable bonds is 5. The molecule has 0 aliphatic carbocycles. The van der Waals surface area contributed by atoms with Gasteiger partial charge in [0, 0.05) is 12.7 Å². The molecule has 0 spiro atoms. The van der Waals surface area contributed by atoms with E-state index in [0.717, 1.165) is 12.2 Å². The third-order valence-electron chi connectivity index (χ3n) is 1.89. The van der Waals surface area contributed by atoms with Crippen molar-refractivity contribution in [1.82, 2.24) is 9.78 Å². The van der Waals surface area contributed by atoms with Gasteiger partial charge in [-0.15, -0.1) is 0 Å². The number of aryl methyl sites for hydroxylation is 1. The van der Waals surface area contributed by atoms with Gasteiger partial charge in [-0.2, -0.15) is 5.10 Å². The molecule has 3 nitrogen and oxygen atoms in total. The smallest absolute Gasteiger partial charge is 0.0719 e. The average molecular weight is 167 g/mol. The van der Waals surface area contributed by atoms with Gasteiger partial charge in [0.15, 0.2) is 0 Å². The minimum Gasteiger partial charge on any atom is -0.396 e. The molecule has 0 saturated carbocycles. The van der Waals surface area contributed by atoms with Gasteiger partial charge in [0.1, 0.15) is 0 Å². The second-order valence-corrected chi connectivity index (χ2v) is 3.10. The number of aromatic nitrogens is 2. The first-order valence-corrected chi connectivity index (χ1v) is 4.61.